The summed E-state index contributed by atoms with van der Waals surface area (Å²) in [6, 6.07) is 4.09. The maximum atomic E-state index is 4.09. The molecule has 0 aromatic carbocycles. The molecule has 1 heterocycles. The first-order chi connectivity index (χ1) is 3.79. The van der Waals surface area contributed by atoms with Crippen LogP contribution in [0.4, 0.5) is 0 Å². The molecule has 0 spiro atoms. The first kappa shape index (κ1) is 9.40. The Morgan fingerprint density at radius 1 is 1.44 bits per heavy atom. The second kappa shape index (κ2) is 4.25. The van der Waals surface area contributed by atoms with Gasteiger partial charge in [0.15, 0.2) is 0 Å². The predicted octanol–water partition coefficient (Wildman–Crippen LogP) is -2.81. The molecule has 0 fully saturated rings. The molecule has 0 saturated carbocycles. The number of nitrogens with zero attached hydrogens (tertiary/aromatic N) is 1. The summed E-state index contributed by atoms with van der Waals surface area (Å²) in [4.78, 5) is 4.09. The van der Waals surface area contributed by atoms with E-state index in [1.807, 2.05) is 40.9 Å². The van der Waals surface area contributed by atoms with Crippen LogP contribution in [0.15, 0.2) is 18.3 Å². The van der Waals surface area contributed by atoms with Gasteiger partial charge in [0, 0.05) is 0 Å². The van der Waals surface area contributed by atoms with Crippen LogP contribution in [0.3, 0.4) is 0 Å². The fourth-order valence-corrected chi connectivity index (χ4v) is 0.708. The van der Waals surface area contributed by atoms with E-state index in [0.29, 0.717) is 0 Å². The summed E-state index contributed by atoms with van der Waals surface area (Å²) in [5.41, 5.74) is 1.08. The normalized spacial score (nSPS) is 8.33. The minimum absolute atomic E-state index is 0. The fourth-order valence-electron chi connectivity index (χ4n) is 0.498. The van der Waals surface area contributed by atoms with Gasteiger partial charge in [-0.1, -0.05) is 0 Å². The summed E-state index contributed by atoms with van der Waals surface area (Å²) in [6.07, 6.45) is 1.88. The number of aryl methyl sites for hydroxylation is 1. The zero-order chi connectivity index (χ0) is 5.98. The van der Waals surface area contributed by atoms with Crippen LogP contribution < -0.4 is 20.7 Å². The molecule has 0 atom stereocenters. The van der Waals surface area contributed by atoms with Gasteiger partial charge in [0.1, 0.15) is 0 Å². The molecule has 1 nitrogen and oxygen atoms in total. The first-order valence-corrected chi connectivity index (χ1v) is 3.24. The van der Waals surface area contributed by atoms with Crippen molar-refractivity contribution in [2.45, 2.75) is 6.92 Å². The molecular weight excluding hydrogens is 190 g/mol. The van der Waals surface area contributed by atoms with Crippen molar-refractivity contribution in [2.75, 3.05) is 0 Å². The molecule has 0 saturated heterocycles. The standard InChI is InChI=1S/C6H6N.BrH.Mg/c1-6-4-2-3-5-7-6;;/h2,4-5H,1H3;1H;/q;;+1/p-1. The molecule has 9 heavy (non-hydrogen) atoms. The Kier molecular flexibility index (Phi) is 4.44. The summed E-state index contributed by atoms with van der Waals surface area (Å²) in [7, 11) is 0. The van der Waals surface area contributed by atoms with Crippen LogP contribution in [-0.2, 0) is 0 Å². The summed E-state index contributed by atoms with van der Waals surface area (Å²) in [5.74, 6) is 0. The van der Waals surface area contributed by atoms with Gasteiger partial charge in [-0.2, -0.15) is 0 Å². The first-order valence-electron chi connectivity index (χ1n) is 2.53. The molecule has 0 aliphatic heterocycles. The average molecular weight is 196 g/mol. The van der Waals surface area contributed by atoms with Gasteiger partial charge in [0.25, 0.3) is 0 Å². The molecular formula is C6H6BrMgN. The van der Waals surface area contributed by atoms with Gasteiger partial charge >= 0.3 is 61.3 Å². The van der Waals surface area contributed by atoms with Gasteiger partial charge in [0.2, 0.25) is 0 Å². The van der Waals surface area contributed by atoms with Gasteiger partial charge < -0.3 is 17.0 Å². The Balaban J connectivity index is 0.000000640. The average Bonchev–Trinajstić information content (AvgIpc) is 1.77. The molecule has 0 aliphatic carbocycles. The van der Waals surface area contributed by atoms with Crippen LogP contribution in [0.1, 0.15) is 5.69 Å². The third kappa shape index (κ3) is 3.18. The van der Waals surface area contributed by atoms with E-state index in [1.54, 1.807) is 0 Å². The van der Waals surface area contributed by atoms with Crippen molar-refractivity contribution in [1.82, 2.24) is 4.98 Å². The number of rotatable bonds is 0. The quantitative estimate of drug-likeness (QED) is 0.408. The maximum absolute atomic E-state index is 4.09. The zero-order valence-electron chi connectivity index (χ0n) is 5.26. The summed E-state index contributed by atoms with van der Waals surface area (Å²) >= 11 is 1.85. The summed E-state index contributed by atoms with van der Waals surface area (Å²) in [5, 5.41) is 0. The van der Waals surface area contributed by atoms with E-state index in [1.165, 1.54) is 3.69 Å². The SMILES string of the molecule is Cc1cc[c]([Mg+])cn1.[Br-]. The Bertz CT molecular complexity index is 152. The van der Waals surface area contributed by atoms with Crippen molar-refractivity contribution in [1.29, 1.82) is 0 Å². The minimum atomic E-state index is 0. The van der Waals surface area contributed by atoms with Gasteiger partial charge in [-0.25, -0.2) is 0 Å². The van der Waals surface area contributed by atoms with Crippen LogP contribution >= 0.6 is 0 Å². The van der Waals surface area contributed by atoms with E-state index in [-0.39, 0.29) is 17.0 Å². The summed E-state index contributed by atoms with van der Waals surface area (Å²) in [6.45, 7) is 1.99. The van der Waals surface area contributed by atoms with E-state index in [9.17, 15) is 0 Å². The third-order valence-corrected chi connectivity index (χ3v) is 1.39. The molecule has 0 aliphatic rings. The van der Waals surface area contributed by atoms with Crippen molar-refractivity contribution in [3.63, 3.8) is 0 Å². The van der Waals surface area contributed by atoms with E-state index >= 15 is 0 Å². The monoisotopic (exact) mass is 195 g/mol. The van der Waals surface area contributed by atoms with Crippen molar-refractivity contribution in [3.05, 3.63) is 24.0 Å². The van der Waals surface area contributed by atoms with Crippen LogP contribution in [-0.4, -0.2) is 26.7 Å². The fraction of sp³-hybridized carbons (Fsp3) is 0.167. The second-order valence-corrected chi connectivity index (χ2v) is 2.62. The van der Waals surface area contributed by atoms with Crippen molar-refractivity contribution in [3.8, 4) is 0 Å². The molecule has 0 radical (unpaired) electrons. The number of hydrogen-bond acceptors (Lipinski definition) is 1. The Hall–Kier alpha value is 0.396. The van der Waals surface area contributed by atoms with E-state index in [2.05, 4.69) is 11.1 Å². The van der Waals surface area contributed by atoms with E-state index in [0.717, 1.165) is 5.69 Å². The largest absolute Gasteiger partial charge is 1.00 e. The Morgan fingerprint density at radius 3 is 2.44 bits per heavy atom. The van der Waals surface area contributed by atoms with Crippen LogP contribution in [0, 0.1) is 6.92 Å². The van der Waals surface area contributed by atoms with Crippen LogP contribution in [0.5, 0.6) is 0 Å². The summed E-state index contributed by atoms with van der Waals surface area (Å²) < 4.78 is 1.25. The number of aromatic nitrogens is 1. The maximum Gasteiger partial charge on any atom is -1.00 e. The van der Waals surface area contributed by atoms with Gasteiger partial charge in [0.05, 0.1) is 0 Å². The third-order valence-electron chi connectivity index (χ3n) is 0.973. The van der Waals surface area contributed by atoms with Gasteiger partial charge in [-0.3, -0.25) is 0 Å². The van der Waals surface area contributed by atoms with E-state index < -0.39 is 0 Å². The smallest absolute Gasteiger partial charge is 1.00 e. The Morgan fingerprint density at radius 2 is 2.11 bits per heavy atom. The molecule has 0 bridgehead atoms. The molecule has 3 heteroatoms. The minimum Gasteiger partial charge on any atom is -1.00 e. The second-order valence-electron chi connectivity index (χ2n) is 1.81. The molecule has 1 aromatic rings. The molecule has 0 amide bonds. The number of halogens is 1. The molecule has 44 valence electrons. The molecule has 1 aromatic heterocycles. The van der Waals surface area contributed by atoms with Crippen molar-refractivity contribution in [2.24, 2.45) is 0 Å². The van der Waals surface area contributed by atoms with Crippen molar-refractivity contribution < 1.29 is 17.0 Å². The predicted molar refractivity (Wildman–Crippen MR) is 34.4 cm³/mol. The molecule has 0 N–H and O–H groups in total. The van der Waals surface area contributed by atoms with Gasteiger partial charge in [-0.05, 0) is 0 Å². The molecule has 1 rings (SSSR count). The van der Waals surface area contributed by atoms with Crippen LogP contribution in [0.25, 0.3) is 0 Å². The Labute approximate surface area is 78.1 Å². The zero-order valence-corrected chi connectivity index (χ0v) is 8.26. The van der Waals surface area contributed by atoms with Gasteiger partial charge in [-0.15, -0.1) is 0 Å². The topological polar surface area (TPSA) is 12.9 Å². The molecule has 0 unspecified atom stereocenters. The number of hydrogen-bond donors (Lipinski definition) is 0. The van der Waals surface area contributed by atoms with E-state index in [4.69, 9.17) is 0 Å². The van der Waals surface area contributed by atoms with Crippen LogP contribution in [0.2, 0.25) is 0 Å². The number of pyridine rings is 1. The van der Waals surface area contributed by atoms with Crippen molar-refractivity contribution >= 4 is 25.4 Å².